The van der Waals surface area contributed by atoms with Crippen molar-refractivity contribution in [3.8, 4) is 11.6 Å². The molecule has 108 valence electrons. The van der Waals surface area contributed by atoms with Crippen LogP contribution in [0.25, 0.3) is 0 Å². The van der Waals surface area contributed by atoms with Crippen LogP contribution in [0.2, 0.25) is 0 Å². The fraction of sp³-hybridized carbons (Fsp3) is 0.143. The van der Waals surface area contributed by atoms with Gasteiger partial charge in [-0.25, -0.2) is 9.78 Å². The van der Waals surface area contributed by atoms with E-state index in [9.17, 15) is 14.9 Å². The molecule has 0 aliphatic heterocycles. The molecule has 0 aliphatic carbocycles. The van der Waals surface area contributed by atoms with Crippen LogP contribution in [0.5, 0.6) is 11.6 Å². The molecule has 2 aromatic rings. The predicted octanol–water partition coefficient (Wildman–Crippen LogP) is 3.04. The molecule has 0 aliphatic rings. The Kier molecular flexibility index (Phi) is 4.13. The fourth-order valence-electron chi connectivity index (χ4n) is 1.72. The van der Waals surface area contributed by atoms with Gasteiger partial charge in [-0.2, -0.15) is 0 Å². The van der Waals surface area contributed by atoms with Crippen LogP contribution in [0.4, 0.5) is 5.69 Å². The summed E-state index contributed by atoms with van der Waals surface area (Å²) in [6, 6.07) is 8.03. The first-order chi connectivity index (χ1) is 10.0. The molecule has 2 rings (SSSR count). The molecular formula is C14H12N2O5. The van der Waals surface area contributed by atoms with Gasteiger partial charge in [0.25, 0.3) is 5.69 Å². The topological polar surface area (TPSA) is 103 Å². The van der Waals surface area contributed by atoms with E-state index in [2.05, 4.69) is 4.98 Å². The lowest BCUT2D eigenvalue weighted by Crippen LogP contribution is -2.03. The lowest BCUT2D eigenvalue weighted by Gasteiger charge is -2.08. The van der Waals surface area contributed by atoms with Gasteiger partial charge in [0.2, 0.25) is 5.88 Å². The van der Waals surface area contributed by atoms with E-state index in [1.807, 2.05) is 13.0 Å². The molecule has 0 saturated carbocycles. The van der Waals surface area contributed by atoms with E-state index < -0.39 is 16.6 Å². The largest absolute Gasteiger partial charge is 0.477 e. The van der Waals surface area contributed by atoms with Crippen molar-refractivity contribution in [2.24, 2.45) is 0 Å². The third kappa shape index (κ3) is 3.33. The van der Waals surface area contributed by atoms with Gasteiger partial charge in [0.15, 0.2) is 0 Å². The van der Waals surface area contributed by atoms with Crippen molar-refractivity contribution < 1.29 is 19.6 Å². The van der Waals surface area contributed by atoms with Crippen LogP contribution < -0.4 is 4.74 Å². The molecule has 1 heterocycles. The standard InChI is InChI=1S/C14H12N2O5/c1-2-9-4-3-5-11(6-9)21-13-12(14(17)18)7-10(8-15-13)16(19)20/h3-8H,2H2,1H3,(H,17,18). The van der Waals surface area contributed by atoms with Crippen LogP contribution in [-0.4, -0.2) is 21.0 Å². The number of carboxylic acids is 1. The molecular weight excluding hydrogens is 276 g/mol. The summed E-state index contributed by atoms with van der Waals surface area (Å²) >= 11 is 0. The van der Waals surface area contributed by atoms with Gasteiger partial charge in [-0.15, -0.1) is 0 Å². The molecule has 1 N–H and O–H groups in total. The quantitative estimate of drug-likeness (QED) is 0.670. The summed E-state index contributed by atoms with van der Waals surface area (Å²) in [7, 11) is 0. The highest BCUT2D eigenvalue weighted by Crippen LogP contribution is 2.26. The van der Waals surface area contributed by atoms with Crippen molar-refractivity contribution in [1.29, 1.82) is 0 Å². The van der Waals surface area contributed by atoms with Crippen molar-refractivity contribution in [3.63, 3.8) is 0 Å². The van der Waals surface area contributed by atoms with Crippen molar-refractivity contribution >= 4 is 11.7 Å². The van der Waals surface area contributed by atoms with Crippen LogP contribution in [0.3, 0.4) is 0 Å². The Balaban J connectivity index is 2.38. The SMILES string of the molecule is CCc1cccc(Oc2ncc([N+](=O)[O-])cc2C(=O)O)c1. The molecule has 1 aromatic heterocycles. The summed E-state index contributed by atoms with van der Waals surface area (Å²) in [6.45, 7) is 1.98. The molecule has 0 radical (unpaired) electrons. The number of hydrogen-bond donors (Lipinski definition) is 1. The maximum absolute atomic E-state index is 11.2. The smallest absolute Gasteiger partial charge is 0.341 e. The second-order valence-electron chi connectivity index (χ2n) is 4.21. The molecule has 1 aromatic carbocycles. The molecule has 0 spiro atoms. The normalized spacial score (nSPS) is 10.1. The molecule has 7 heteroatoms. The Labute approximate surface area is 120 Å². The molecule has 7 nitrogen and oxygen atoms in total. The lowest BCUT2D eigenvalue weighted by atomic mass is 10.2. The van der Waals surface area contributed by atoms with Gasteiger partial charge in [0.1, 0.15) is 17.5 Å². The third-order valence-electron chi connectivity index (χ3n) is 2.80. The van der Waals surface area contributed by atoms with Gasteiger partial charge in [-0.3, -0.25) is 10.1 Å². The van der Waals surface area contributed by atoms with Crippen LogP contribution in [0.15, 0.2) is 36.5 Å². The van der Waals surface area contributed by atoms with E-state index in [4.69, 9.17) is 9.84 Å². The Bertz CT molecular complexity index is 700. The maximum atomic E-state index is 11.2. The number of nitrogens with zero attached hydrogens (tertiary/aromatic N) is 2. The molecule has 0 atom stereocenters. The van der Waals surface area contributed by atoms with E-state index >= 15 is 0 Å². The summed E-state index contributed by atoms with van der Waals surface area (Å²) in [6.07, 6.45) is 1.77. The number of rotatable bonds is 5. The molecule has 0 bridgehead atoms. The van der Waals surface area contributed by atoms with E-state index in [1.54, 1.807) is 18.2 Å². The van der Waals surface area contributed by atoms with E-state index in [1.165, 1.54) is 0 Å². The van der Waals surface area contributed by atoms with Gasteiger partial charge in [-0.1, -0.05) is 19.1 Å². The minimum Gasteiger partial charge on any atom is -0.477 e. The zero-order valence-electron chi connectivity index (χ0n) is 11.1. The monoisotopic (exact) mass is 288 g/mol. The van der Waals surface area contributed by atoms with E-state index in [0.717, 1.165) is 24.2 Å². The predicted molar refractivity (Wildman–Crippen MR) is 73.7 cm³/mol. The van der Waals surface area contributed by atoms with Gasteiger partial charge >= 0.3 is 5.97 Å². The number of aromatic nitrogens is 1. The number of benzene rings is 1. The van der Waals surface area contributed by atoms with Gasteiger partial charge in [-0.05, 0) is 24.1 Å². The van der Waals surface area contributed by atoms with Gasteiger partial charge < -0.3 is 9.84 Å². The molecule has 0 amide bonds. The number of pyridine rings is 1. The summed E-state index contributed by atoms with van der Waals surface area (Å²) in [4.78, 5) is 24.8. The summed E-state index contributed by atoms with van der Waals surface area (Å²) in [5, 5.41) is 19.8. The van der Waals surface area contributed by atoms with Crippen molar-refractivity contribution in [2.45, 2.75) is 13.3 Å². The minimum absolute atomic E-state index is 0.179. The number of aryl methyl sites for hydroxylation is 1. The Morgan fingerprint density at radius 3 is 2.81 bits per heavy atom. The van der Waals surface area contributed by atoms with Crippen LogP contribution in [-0.2, 0) is 6.42 Å². The van der Waals surface area contributed by atoms with Crippen molar-refractivity contribution in [2.75, 3.05) is 0 Å². The van der Waals surface area contributed by atoms with E-state index in [-0.39, 0.29) is 11.4 Å². The first kappa shape index (κ1) is 14.4. The summed E-state index contributed by atoms with van der Waals surface area (Å²) in [5.74, 6) is -1.09. The van der Waals surface area contributed by atoms with Crippen LogP contribution in [0, 0.1) is 10.1 Å². The highest BCUT2D eigenvalue weighted by Gasteiger charge is 2.19. The molecule has 0 fully saturated rings. The Hall–Kier alpha value is -2.96. The average molecular weight is 288 g/mol. The first-order valence-corrected chi connectivity index (χ1v) is 6.15. The van der Waals surface area contributed by atoms with Crippen molar-refractivity contribution in [3.05, 3.63) is 57.8 Å². The Morgan fingerprint density at radius 2 is 2.19 bits per heavy atom. The second kappa shape index (κ2) is 6.00. The second-order valence-corrected chi connectivity index (χ2v) is 4.21. The molecule has 0 unspecified atom stereocenters. The maximum Gasteiger partial charge on any atom is 0.341 e. The van der Waals surface area contributed by atoms with Crippen LogP contribution in [0.1, 0.15) is 22.8 Å². The van der Waals surface area contributed by atoms with Crippen LogP contribution >= 0.6 is 0 Å². The van der Waals surface area contributed by atoms with Gasteiger partial charge in [0.05, 0.1) is 4.92 Å². The number of carboxylic acid groups (broad SMARTS) is 1. The van der Waals surface area contributed by atoms with E-state index in [0.29, 0.717) is 5.75 Å². The van der Waals surface area contributed by atoms with Gasteiger partial charge in [0, 0.05) is 6.07 Å². The molecule has 21 heavy (non-hydrogen) atoms. The summed E-state index contributed by atoms with van der Waals surface area (Å²) < 4.78 is 5.43. The lowest BCUT2D eigenvalue weighted by molar-refractivity contribution is -0.385. The number of nitro groups is 1. The number of hydrogen-bond acceptors (Lipinski definition) is 5. The fourth-order valence-corrected chi connectivity index (χ4v) is 1.72. The Morgan fingerprint density at radius 1 is 1.43 bits per heavy atom. The first-order valence-electron chi connectivity index (χ1n) is 6.15. The zero-order valence-corrected chi connectivity index (χ0v) is 11.1. The number of aromatic carboxylic acids is 1. The highest BCUT2D eigenvalue weighted by molar-refractivity contribution is 5.91. The number of ether oxygens (including phenoxy) is 1. The average Bonchev–Trinajstić information content (AvgIpc) is 2.47. The molecule has 0 saturated heterocycles. The number of carbonyl (C=O) groups is 1. The zero-order chi connectivity index (χ0) is 15.4. The summed E-state index contributed by atoms with van der Waals surface area (Å²) in [5.41, 5.74) is 0.263. The third-order valence-corrected chi connectivity index (χ3v) is 2.80. The highest BCUT2D eigenvalue weighted by atomic mass is 16.6. The minimum atomic E-state index is -1.34. The van der Waals surface area contributed by atoms with Crippen molar-refractivity contribution in [1.82, 2.24) is 4.98 Å².